The number of carbonyl (C=O) groups is 4. The van der Waals surface area contributed by atoms with E-state index in [2.05, 4.69) is 5.32 Å². The number of amides is 2. The minimum absolute atomic E-state index is 0.00845. The smallest absolute Gasteiger partial charge is 0.355 e. The monoisotopic (exact) mass is 804 g/mol. The van der Waals surface area contributed by atoms with Crippen molar-refractivity contribution in [2.45, 2.75) is 29.3 Å². The highest BCUT2D eigenvalue weighted by Gasteiger charge is 2.54. The van der Waals surface area contributed by atoms with Crippen LogP contribution in [0.2, 0.25) is 0 Å². The van der Waals surface area contributed by atoms with Crippen LogP contribution in [-0.4, -0.2) is 58.7 Å². The molecule has 2 aromatic heterocycles. The van der Waals surface area contributed by atoms with E-state index in [0.717, 1.165) is 26.1 Å². The van der Waals surface area contributed by atoms with E-state index >= 15 is 0 Å². The Morgan fingerprint density at radius 1 is 0.893 bits per heavy atom. The Labute approximate surface area is 332 Å². The number of β-lactam (4-membered cyclic amide) rings is 1. The van der Waals surface area contributed by atoms with Crippen molar-refractivity contribution < 1.29 is 37.8 Å². The zero-order valence-electron chi connectivity index (χ0n) is 29.7. The first-order chi connectivity index (χ1) is 27.2. The van der Waals surface area contributed by atoms with Gasteiger partial charge in [-0.1, -0.05) is 48.5 Å². The molecule has 1 N–H and O–H groups in total. The molecular weight excluding hydrogens is 773 g/mol. The molecule has 0 saturated carbocycles. The number of carbonyl (C=O) groups excluding carboxylic acids is 4. The first-order valence-electron chi connectivity index (χ1n) is 17.4. The van der Waals surface area contributed by atoms with Gasteiger partial charge in [0.05, 0.1) is 13.5 Å². The summed E-state index contributed by atoms with van der Waals surface area (Å²) >= 11 is 4.38. The van der Waals surface area contributed by atoms with Crippen molar-refractivity contribution in [3.05, 3.63) is 146 Å². The SMILES string of the molecule is COc1ccc(COC(=O)C2=C(CSc3ccc(OC(=O)c4cc5c(ccc6ccccc65)oc4=O)cc3)CS[C@@H]3[C@H](NC(=O)Cc4cccs4)C(=O)N23)cc1. The van der Waals surface area contributed by atoms with Crippen LogP contribution in [0, 0.1) is 0 Å². The summed E-state index contributed by atoms with van der Waals surface area (Å²) in [5.41, 5.74) is 0.995. The molecule has 0 bridgehead atoms. The molecule has 14 heteroatoms. The molecule has 0 aliphatic carbocycles. The molecule has 6 aromatic rings. The Bertz CT molecular complexity index is 2570. The van der Waals surface area contributed by atoms with Gasteiger partial charge < -0.3 is 23.9 Å². The number of thioether (sulfide) groups is 2. The van der Waals surface area contributed by atoms with Crippen molar-refractivity contribution in [2.75, 3.05) is 18.6 Å². The number of fused-ring (bicyclic) bond motifs is 4. The van der Waals surface area contributed by atoms with Gasteiger partial charge >= 0.3 is 17.6 Å². The van der Waals surface area contributed by atoms with Crippen LogP contribution in [0.3, 0.4) is 0 Å². The molecular formula is C42H32N2O9S3. The van der Waals surface area contributed by atoms with Crippen molar-refractivity contribution in [1.29, 1.82) is 0 Å². The minimum atomic E-state index is -0.842. The molecule has 1 saturated heterocycles. The Kier molecular flexibility index (Phi) is 10.7. The minimum Gasteiger partial charge on any atom is -0.497 e. The van der Waals surface area contributed by atoms with Gasteiger partial charge in [-0.3, -0.25) is 14.5 Å². The topological polar surface area (TPSA) is 141 Å². The Morgan fingerprint density at radius 3 is 2.45 bits per heavy atom. The van der Waals surface area contributed by atoms with Gasteiger partial charge in [-0.15, -0.1) is 34.9 Å². The zero-order chi connectivity index (χ0) is 38.8. The van der Waals surface area contributed by atoms with E-state index in [-0.39, 0.29) is 41.9 Å². The van der Waals surface area contributed by atoms with Gasteiger partial charge in [0.25, 0.3) is 5.91 Å². The van der Waals surface area contributed by atoms with Gasteiger partial charge in [0, 0.05) is 26.7 Å². The molecule has 8 rings (SSSR count). The standard InChI is InChI=1S/C42H32N2O9S3/c1-50-27-11-8-24(9-12-27)21-51-42(49)37-26(23-56-39-36(38(46)44(37)39)43-35(45)19-30-6-4-18-54-30)22-55-29-15-13-28(14-16-29)52-40(47)33-20-32-31-7-3-2-5-25(31)10-17-34(32)53-41(33)48/h2-18,20,36,39H,19,21-23H2,1H3,(H,43,45)/t36-,39-/m1/s1. The molecule has 2 atom stereocenters. The third-order valence-electron chi connectivity index (χ3n) is 9.31. The Morgan fingerprint density at radius 2 is 1.68 bits per heavy atom. The normalized spacial score (nSPS) is 16.3. The molecule has 2 amide bonds. The van der Waals surface area contributed by atoms with Crippen LogP contribution in [-0.2, 0) is 32.1 Å². The van der Waals surface area contributed by atoms with E-state index in [1.807, 2.05) is 47.8 Å². The number of rotatable bonds is 12. The van der Waals surface area contributed by atoms with Crippen LogP contribution in [0.1, 0.15) is 20.8 Å². The highest BCUT2D eigenvalue weighted by atomic mass is 32.2. The number of hydrogen-bond acceptors (Lipinski definition) is 12. The zero-order valence-corrected chi connectivity index (χ0v) is 32.2. The average molecular weight is 805 g/mol. The lowest BCUT2D eigenvalue weighted by Crippen LogP contribution is -2.70. The van der Waals surface area contributed by atoms with Crippen LogP contribution in [0.4, 0.5) is 0 Å². The number of methoxy groups -OCH3 is 1. The Hall–Kier alpha value is -5.83. The second kappa shape index (κ2) is 16.1. The highest BCUT2D eigenvalue weighted by Crippen LogP contribution is 2.42. The summed E-state index contributed by atoms with van der Waals surface area (Å²) in [7, 11) is 1.57. The molecule has 282 valence electrons. The van der Waals surface area contributed by atoms with Gasteiger partial charge in [0.1, 0.15) is 46.4 Å². The van der Waals surface area contributed by atoms with Crippen LogP contribution in [0.25, 0.3) is 21.7 Å². The van der Waals surface area contributed by atoms with E-state index in [9.17, 15) is 24.0 Å². The quantitative estimate of drug-likeness (QED) is 0.0343. The van der Waals surface area contributed by atoms with Crippen molar-refractivity contribution in [3.8, 4) is 11.5 Å². The number of ether oxygens (including phenoxy) is 3. The van der Waals surface area contributed by atoms with Gasteiger partial charge in [0.15, 0.2) is 0 Å². The lowest BCUT2D eigenvalue weighted by molar-refractivity contribution is -0.153. The van der Waals surface area contributed by atoms with Gasteiger partial charge in [-0.05, 0) is 81.9 Å². The summed E-state index contributed by atoms with van der Waals surface area (Å²) in [4.78, 5) is 69.1. The molecule has 4 heterocycles. The van der Waals surface area contributed by atoms with Crippen molar-refractivity contribution >= 4 is 80.4 Å². The third kappa shape index (κ3) is 7.68. The average Bonchev–Trinajstić information content (AvgIpc) is 3.74. The molecule has 2 aliphatic rings. The summed E-state index contributed by atoms with van der Waals surface area (Å²) in [6.07, 6.45) is 0.168. The fraction of sp³-hybridized carbons (Fsp3) is 0.167. The van der Waals surface area contributed by atoms with Crippen molar-refractivity contribution in [1.82, 2.24) is 10.2 Å². The maximum atomic E-state index is 13.7. The second-order valence-electron chi connectivity index (χ2n) is 12.9. The van der Waals surface area contributed by atoms with Crippen LogP contribution in [0.5, 0.6) is 11.5 Å². The van der Waals surface area contributed by atoms with E-state index < -0.39 is 29.0 Å². The Balaban J connectivity index is 0.963. The highest BCUT2D eigenvalue weighted by molar-refractivity contribution is 8.01. The van der Waals surface area contributed by atoms with Crippen LogP contribution in [0.15, 0.2) is 134 Å². The maximum Gasteiger partial charge on any atom is 0.355 e. The number of benzene rings is 4. The number of hydrogen-bond donors (Lipinski definition) is 1. The lowest BCUT2D eigenvalue weighted by atomic mass is 10.0. The molecule has 11 nitrogen and oxygen atoms in total. The van der Waals surface area contributed by atoms with Gasteiger partial charge in [-0.25, -0.2) is 14.4 Å². The summed E-state index contributed by atoms with van der Waals surface area (Å²) < 4.78 is 22.0. The maximum absolute atomic E-state index is 13.7. The van der Waals surface area contributed by atoms with Gasteiger partial charge in [0.2, 0.25) is 5.91 Å². The number of nitrogens with zero attached hydrogens (tertiary/aromatic N) is 1. The molecule has 4 aromatic carbocycles. The second-order valence-corrected chi connectivity index (χ2v) is 16.1. The van der Waals surface area contributed by atoms with E-state index in [1.54, 1.807) is 61.7 Å². The summed E-state index contributed by atoms with van der Waals surface area (Å²) in [6, 6.07) is 29.5. The van der Waals surface area contributed by atoms with Crippen molar-refractivity contribution in [3.63, 3.8) is 0 Å². The summed E-state index contributed by atoms with van der Waals surface area (Å²) in [6.45, 7) is -0.00845. The summed E-state index contributed by atoms with van der Waals surface area (Å²) in [5, 5.41) is 6.70. The van der Waals surface area contributed by atoms with Crippen LogP contribution >= 0.6 is 34.9 Å². The van der Waals surface area contributed by atoms with E-state index in [0.29, 0.717) is 33.8 Å². The molecule has 0 unspecified atom stereocenters. The number of nitrogens with one attached hydrogen (secondary N) is 1. The van der Waals surface area contributed by atoms with E-state index in [4.69, 9.17) is 18.6 Å². The van der Waals surface area contributed by atoms with Crippen molar-refractivity contribution in [2.24, 2.45) is 0 Å². The molecule has 2 aliphatic heterocycles. The fourth-order valence-corrected chi connectivity index (χ4v) is 9.55. The van der Waals surface area contributed by atoms with Gasteiger partial charge in [-0.2, -0.15) is 0 Å². The first-order valence-corrected chi connectivity index (χ1v) is 20.4. The number of thiophene rings is 1. The molecule has 1 fully saturated rings. The molecule has 0 radical (unpaired) electrons. The predicted molar refractivity (Wildman–Crippen MR) is 215 cm³/mol. The predicted octanol–water partition coefficient (Wildman–Crippen LogP) is 6.97. The van der Waals surface area contributed by atoms with E-state index in [1.165, 1.54) is 45.8 Å². The first kappa shape index (κ1) is 37.1. The lowest BCUT2D eigenvalue weighted by Gasteiger charge is -2.49. The number of esters is 2. The molecule has 0 spiro atoms. The largest absolute Gasteiger partial charge is 0.497 e. The fourth-order valence-electron chi connectivity index (χ4n) is 6.47. The molecule has 56 heavy (non-hydrogen) atoms. The van der Waals surface area contributed by atoms with Crippen LogP contribution < -0.4 is 20.4 Å². The third-order valence-corrected chi connectivity index (χ3v) is 12.6. The summed E-state index contributed by atoms with van der Waals surface area (Å²) in [5.74, 6) is -0.415.